The van der Waals surface area contributed by atoms with Gasteiger partial charge in [0.15, 0.2) is 0 Å². The van der Waals surface area contributed by atoms with Gasteiger partial charge in [0.1, 0.15) is 6.04 Å². The Kier molecular flexibility index (Phi) is 7.69. The molecule has 0 aliphatic rings. The number of esters is 1. The van der Waals surface area contributed by atoms with Gasteiger partial charge in [-0.3, -0.25) is 14.4 Å². The van der Waals surface area contributed by atoms with Crippen molar-refractivity contribution in [1.82, 2.24) is 0 Å². The second-order valence-electron chi connectivity index (χ2n) is 3.99. The number of carbonyl (C=O) groups is 3. The Hall–Kier alpha value is -1.63. The first-order valence-electron chi connectivity index (χ1n) is 5.75. The van der Waals surface area contributed by atoms with E-state index in [9.17, 15) is 14.4 Å². The quantitative estimate of drug-likeness (QED) is 0.400. The molecule has 7 heteroatoms. The van der Waals surface area contributed by atoms with Gasteiger partial charge in [0.25, 0.3) is 0 Å². The third-order valence-corrected chi connectivity index (χ3v) is 2.38. The minimum atomic E-state index is -1.30. The number of aliphatic carboxylic acids is 2. The summed E-state index contributed by atoms with van der Waals surface area (Å²) in [7, 11) is 0. The van der Waals surface area contributed by atoms with Crippen molar-refractivity contribution in [3.8, 4) is 0 Å². The van der Waals surface area contributed by atoms with Crippen LogP contribution in [0.1, 0.15) is 32.6 Å². The van der Waals surface area contributed by atoms with E-state index in [0.717, 1.165) is 6.42 Å². The summed E-state index contributed by atoms with van der Waals surface area (Å²) in [6, 6.07) is -1.30. The average Bonchev–Trinajstić information content (AvgIpc) is 2.28. The number of nitrogens with two attached hydrogens (primary N) is 1. The number of carboxylic acid groups (broad SMARTS) is 2. The fourth-order valence-corrected chi connectivity index (χ4v) is 1.27. The molecule has 104 valence electrons. The number of rotatable bonds is 9. The van der Waals surface area contributed by atoms with Gasteiger partial charge in [-0.1, -0.05) is 13.3 Å². The van der Waals surface area contributed by atoms with Crippen molar-refractivity contribution < 1.29 is 29.3 Å². The molecule has 4 N–H and O–H groups in total. The van der Waals surface area contributed by atoms with Gasteiger partial charge in [-0.2, -0.15) is 0 Å². The van der Waals surface area contributed by atoms with E-state index >= 15 is 0 Å². The Morgan fingerprint density at radius 2 is 1.83 bits per heavy atom. The van der Waals surface area contributed by atoms with Crippen LogP contribution in [-0.4, -0.2) is 40.8 Å². The molecule has 0 bridgehead atoms. The van der Waals surface area contributed by atoms with Crippen LogP contribution in [-0.2, 0) is 19.1 Å². The molecule has 2 atom stereocenters. The molecule has 0 saturated heterocycles. The van der Waals surface area contributed by atoms with Crippen molar-refractivity contribution in [1.29, 1.82) is 0 Å². The fraction of sp³-hybridized carbons (Fsp3) is 0.727. The second kappa shape index (κ2) is 8.46. The summed E-state index contributed by atoms with van der Waals surface area (Å²) < 4.78 is 4.81. The van der Waals surface area contributed by atoms with Crippen molar-refractivity contribution in [3.05, 3.63) is 0 Å². The Labute approximate surface area is 105 Å². The summed E-state index contributed by atoms with van der Waals surface area (Å²) in [6.07, 6.45) is 0.908. The molecule has 0 radical (unpaired) electrons. The molecule has 0 heterocycles. The largest absolute Gasteiger partial charge is 0.481 e. The molecule has 0 aromatic carbocycles. The summed E-state index contributed by atoms with van der Waals surface area (Å²) in [6.45, 7) is 2.17. The number of carboxylic acids is 2. The van der Waals surface area contributed by atoms with Crippen LogP contribution in [0.15, 0.2) is 0 Å². The molecule has 7 nitrogen and oxygen atoms in total. The van der Waals surface area contributed by atoms with Gasteiger partial charge in [-0.25, -0.2) is 0 Å². The van der Waals surface area contributed by atoms with E-state index in [1.807, 2.05) is 6.92 Å². The van der Waals surface area contributed by atoms with Gasteiger partial charge in [-0.05, 0) is 12.8 Å². The van der Waals surface area contributed by atoms with Crippen molar-refractivity contribution in [2.75, 3.05) is 6.61 Å². The lowest BCUT2D eigenvalue weighted by molar-refractivity contribution is -0.152. The Morgan fingerprint density at radius 1 is 1.22 bits per heavy atom. The van der Waals surface area contributed by atoms with E-state index in [0.29, 0.717) is 6.42 Å². The van der Waals surface area contributed by atoms with Crippen molar-refractivity contribution in [3.63, 3.8) is 0 Å². The van der Waals surface area contributed by atoms with Gasteiger partial charge in [0.2, 0.25) is 0 Å². The number of hydrogen-bond acceptors (Lipinski definition) is 5. The van der Waals surface area contributed by atoms with Gasteiger partial charge >= 0.3 is 17.9 Å². The zero-order chi connectivity index (χ0) is 14.1. The van der Waals surface area contributed by atoms with Crippen LogP contribution in [0.25, 0.3) is 0 Å². The van der Waals surface area contributed by atoms with Gasteiger partial charge in [0.05, 0.1) is 18.9 Å². The molecule has 0 rings (SSSR count). The summed E-state index contributed by atoms with van der Waals surface area (Å²) in [4.78, 5) is 32.7. The SMILES string of the molecule is CCCCOC(=O)CC(CC(N)C(=O)O)C(=O)O. The number of carbonyl (C=O) groups excluding carboxylic acids is 1. The summed E-state index contributed by atoms with van der Waals surface area (Å²) in [5.74, 6) is -4.32. The first-order valence-corrected chi connectivity index (χ1v) is 5.75. The smallest absolute Gasteiger partial charge is 0.320 e. The predicted octanol–water partition coefficient (Wildman–Crippen LogP) is 0.223. The maximum atomic E-state index is 11.3. The molecular weight excluding hydrogens is 242 g/mol. The molecule has 2 unspecified atom stereocenters. The van der Waals surface area contributed by atoms with E-state index in [2.05, 4.69) is 0 Å². The minimum absolute atomic E-state index is 0.243. The summed E-state index contributed by atoms with van der Waals surface area (Å²) in [5, 5.41) is 17.5. The monoisotopic (exact) mass is 261 g/mol. The molecule has 0 aromatic heterocycles. The lowest BCUT2D eigenvalue weighted by Crippen LogP contribution is -2.35. The molecule has 18 heavy (non-hydrogen) atoms. The number of ether oxygens (including phenoxy) is 1. The van der Waals surface area contributed by atoms with Crippen molar-refractivity contribution >= 4 is 17.9 Å². The first-order chi connectivity index (χ1) is 8.38. The average molecular weight is 261 g/mol. The Bertz CT molecular complexity index is 304. The van der Waals surface area contributed by atoms with Crippen LogP contribution in [0.5, 0.6) is 0 Å². The highest BCUT2D eigenvalue weighted by atomic mass is 16.5. The lowest BCUT2D eigenvalue weighted by atomic mass is 9.97. The lowest BCUT2D eigenvalue weighted by Gasteiger charge is -2.14. The minimum Gasteiger partial charge on any atom is -0.481 e. The highest BCUT2D eigenvalue weighted by Gasteiger charge is 2.27. The zero-order valence-corrected chi connectivity index (χ0v) is 10.3. The van der Waals surface area contributed by atoms with Crippen LogP contribution in [0.4, 0.5) is 0 Å². The number of unbranched alkanes of at least 4 members (excludes halogenated alkanes) is 1. The van der Waals surface area contributed by atoms with E-state index < -0.39 is 29.9 Å². The normalized spacial score (nSPS) is 13.7. The van der Waals surface area contributed by atoms with E-state index in [1.54, 1.807) is 0 Å². The van der Waals surface area contributed by atoms with Gasteiger partial charge in [0, 0.05) is 0 Å². The zero-order valence-electron chi connectivity index (χ0n) is 10.3. The Morgan fingerprint density at radius 3 is 2.28 bits per heavy atom. The molecule has 0 aliphatic carbocycles. The van der Waals surface area contributed by atoms with E-state index in [4.69, 9.17) is 20.7 Å². The molecule has 0 aliphatic heterocycles. The topological polar surface area (TPSA) is 127 Å². The molecule has 0 saturated carbocycles. The molecule has 0 aromatic rings. The third-order valence-electron chi connectivity index (χ3n) is 2.38. The third kappa shape index (κ3) is 6.85. The maximum Gasteiger partial charge on any atom is 0.320 e. The van der Waals surface area contributed by atoms with Crippen LogP contribution in [0.2, 0.25) is 0 Å². The van der Waals surface area contributed by atoms with E-state index in [1.165, 1.54) is 0 Å². The second-order valence-corrected chi connectivity index (χ2v) is 3.99. The summed E-state index contributed by atoms with van der Waals surface area (Å²) >= 11 is 0. The van der Waals surface area contributed by atoms with Gasteiger partial charge < -0.3 is 20.7 Å². The standard InChI is InChI=1S/C11H19NO6/c1-2-3-4-18-9(13)6-7(10(14)15)5-8(12)11(16)17/h7-8H,2-6,12H2,1H3,(H,14,15)(H,16,17). The van der Waals surface area contributed by atoms with Crippen LogP contribution in [0, 0.1) is 5.92 Å². The highest BCUT2D eigenvalue weighted by Crippen LogP contribution is 2.12. The Balaban J connectivity index is 4.23. The molecule has 0 spiro atoms. The molecular formula is C11H19NO6. The molecule has 0 amide bonds. The maximum absolute atomic E-state index is 11.3. The molecule has 0 fully saturated rings. The van der Waals surface area contributed by atoms with Crippen molar-refractivity contribution in [2.24, 2.45) is 11.7 Å². The first kappa shape index (κ1) is 16.4. The highest BCUT2D eigenvalue weighted by molar-refractivity contribution is 5.80. The van der Waals surface area contributed by atoms with Crippen LogP contribution in [0.3, 0.4) is 0 Å². The fourth-order valence-electron chi connectivity index (χ4n) is 1.27. The number of hydrogen-bond donors (Lipinski definition) is 3. The predicted molar refractivity (Wildman–Crippen MR) is 61.8 cm³/mol. The summed E-state index contributed by atoms with van der Waals surface area (Å²) in [5.41, 5.74) is 5.24. The van der Waals surface area contributed by atoms with E-state index in [-0.39, 0.29) is 19.4 Å². The van der Waals surface area contributed by atoms with Crippen LogP contribution < -0.4 is 5.73 Å². The van der Waals surface area contributed by atoms with Crippen LogP contribution >= 0.6 is 0 Å². The van der Waals surface area contributed by atoms with Crippen molar-refractivity contribution in [2.45, 2.75) is 38.6 Å². The van der Waals surface area contributed by atoms with Gasteiger partial charge in [-0.15, -0.1) is 0 Å².